The zero-order valence-electron chi connectivity index (χ0n) is 13.7. The fourth-order valence-corrected chi connectivity index (χ4v) is 2.91. The summed E-state index contributed by atoms with van der Waals surface area (Å²) in [5.74, 6) is 1.04. The van der Waals surface area contributed by atoms with E-state index >= 15 is 0 Å². The lowest BCUT2D eigenvalue weighted by Crippen LogP contribution is -2.31. The van der Waals surface area contributed by atoms with Crippen LogP contribution in [0.5, 0.6) is 11.5 Å². The number of benzene rings is 2. The van der Waals surface area contributed by atoms with E-state index in [1.807, 2.05) is 38.1 Å². The molecular formula is C18H19BrClNO3. The molecule has 1 N–H and O–H groups in total. The Morgan fingerprint density at radius 1 is 1.25 bits per heavy atom. The maximum atomic E-state index is 12.1. The van der Waals surface area contributed by atoms with E-state index in [2.05, 4.69) is 21.2 Å². The smallest absolute Gasteiger partial charge is 0.258 e. The van der Waals surface area contributed by atoms with E-state index in [9.17, 15) is 4.79 Å². The van der Waals surface area contributed by atoms with Crippen molar-refractivity contribution in [2.75, 3.05) is 13.7 Å². The van der Waals surface area contributed by atoms with E-state index in [1.54, 1.807) is 19.2 Å². The molecule has 2 aromatic rings. The van der Waals surface area contributed by atoms with Gasteiger partial charge in [-0.25, -0.2) is 0 Å². The predicted octanol–water partition coefficient (Wildman–Crippen LogP) is 4.68. The molecule has 0 fully saturated rings. The standard InChI is InChI=1S/C18H19BrClNO3/c1-11-4-6-15(20)17(8-11)24-10-18(22)21-12(2)13-5-7-16(23-3)14(19)9-13/h4-9,12H,10H2,1-3H3,(H,21,22)/t12-/m1/s1. The Morgan fingerprint density at radius 2 is 2.00 bits per heavy atom. The van der Waals surface area contributed by atoms with Crippen LogP contribution in [0.2, 0.25) is 5.02 Å². The first-order valence-corrected chi connectivity index (χ1v) is 8.59. The fourth-order valence-electron chi connectivity index (χ4n) is 2.18. The first-order chi connectivity index (χ1) is 11.4. The molecule has 4 nitrogen and oxygen atoms in total. The molecule has 24 heavy (non-hydrogen) atoms. The second-order valence-corrected chi connectivity index (χ2v) is 6.67. The highest BCUT2D eigenvalue weighted by Crippen LogP contribution is 2.28. The van der Waals surface area contributed by atoms with Crippen molar-refractivity contribution in [3.63, 3.8) is 0 Å². The Hall–Kier alpha value is -1.72. The van der Waals surface area contributed by atoms with Crippen LogP contribution in [0.15, 0.2) is 40.9 Å². The van der Waals surface area contributed by atoms with Gasteiger partial charge in [-0.1, -0.05) is 23.7 Å². The number of nitrogens with one attached hydrogen (secondary N) is 1. The van der Waals surface area contributed by atoms with Gasteiger partial charge in [-0.3, -0.25) is 4.79 Å². The Kier molecular flexibility index (Phi) is 6.52. The molecule has 0 saturated carbocycles. The highest BCUT2D eigenvalue weighted by molar-refractivity contribution is 9.10. The van der Waals surface area contributed by atoms with Gasteiger partial charge in [0.05, 0.1) is 22.6 Å². The van der Waals surface area contributed by atoms with Gasteiger partial charge < -0.3 is 14.8 Å². The van der Waals surface area contributed by atoms with Crippen LogP contribution in [0.25, 0.3) is 0 Å². The van der Waals surface area contributed by atoms with Crippen molar-refractivity contribution in [3.05, 3.63) is 57.0 Å². The maximum absolute atomic E-state index is 12.1. The molecule has 0 radical (unpaired) electrons. The second kappa shape index (κ2) is 8.40. The summed E-state index contributed by atoms with van der Waals surface area (Å²) in [7, 11) is 1.61. The SMILES string of the molecule is COc1ccc([C@@H](C)NC(=O)COc2cc(C)ccc2Cl)cc1Br. The zero-order valence-corrected chi connectivity index (χ0v) is 16.1. The molecule has 6 heteroatoms. The zero-order chi connectivity index (χ0) is 17.7. The molecule has 2 rings (SSSR count). The summed E-state index contributed by atoms with van der Waals surface area (Å²) in [4.78, 5) is 12.1. The summed E-state index contributed by atoms with van der Waals surface area (Å²) in [6.45, 7) is 3.75. The molecule has 0 aromatic heterocycles. The number of hydrogen-bond acceptors (Lipinski definition) is 3. The minimum atomic E-state index is -0.216. The molecule has 0 aliphatic rings. The van der Waals surface area contributed by atoms with Crippen molar-refractivity contribution in [2.45, 2.75) is 19.9 Å². The largest absolute Gasteiger partial charge is 0.496 e. The number of aryl methyl sites for hydroxylation is 1. The van der Waals surface area contributed by atoms with E-state index in [0.717, 1.165) is 21.3 Å². The molecule has 2 aromatic carbocycles. The minimum absolute atomic E-state index is 0.0924. The van der Waals surface area contributed by atoms with Crippen LogP contribution in [0.4, 0.5) is 0 Å². The maximum Gasteiger partial charge on any atom is 0.258 e. The van der Waals surface area contributed by atoms with Crippen LogP contribution >= 0.6 is 27.5 Å². The average Bonchev–Trinajstić information content (AvgIpc) is 2.55. The van der Waals surface area contributed by atoms with Gasteiger partial charge in [0.15, 0.2) is 6.61 Å². The normalized spacial score (nSPS) is 11.7. The first-order valence-electron chi connectivity index (χ1n) is 7.42. The van der Waals surface area contributed by atoms with Crippen molar-refractivity contribution < 1.29 is 14.3 Å². The molecule has 0 aliphatic carbocycles. The molecule has 0 aliphatic heterocycles. The van der Waals surface area contributed by atoms with Gasteiger partial charge >= 0.3 is 0 Å². The van der Waals surface area contributed by atoms with Crippen molar-refractivity contribution in [1.82, 2.24) is 5.32 Å². The number of carbonyl (C=O) groups excluding carboxylic acids is 1. The number of ether oxygens (including phenoxy) is 2. The quantitative estimate of drug-likeness (QED) is 0.749. The van der Waals surface area contributed by atoms with Gasteiger partial charge in [0.2, 0.25) is 0 Å². The van der Waals surface area contributed by atoms with Crippen molar-refractivity contribution in [1.29, 1.82) is 0 Å². The highest BCUT2D eigenvalue weighted by atomic mass is 79.9. The van der Waals surface area contributed by atoms with Gasteiger partial charge in [0.25, 0.3) is 5.91 Å². The topological polar surface area (TPSA) is 47.6 Å². The number of hydrogen-bond donors (Lipinski definition) is 1. The summed E-state index contributed by atoms with van der Waals surface area (Å²) < 4.78 is 11.5. The highest BCUT2D eigenvalue weighted by Gasteiger charge is 2.13. The predicted molar refractivity (Wildman–Crippen MR) is 98.9 cm³/mol. The molecule has 1 amide bonds. The van der Waals surface area contributed by atoms with Crippen molar-refractivity contribution in [2.24, 2.45) is 0 Å². The van der Waals surface area contributed by atoms with Crippen LogP contribution < -0.4 is 14.8 Å². The summed E-state index contributed by atoms with van der Waals surface area (Å²) in [5, 5.41) is 3.38. The van der Waals surface area contributed by atoms with Crippen LogP contribution in [-0.2, 0) is 4.79 Å². The minimum Gasteiger partial charge on any atom is -0.496 e. The monoisotopic (exact) mass is 411 g/mol. The molecule has 0 spiro atoms. The third-order valence-corrected chi connectivity index (χ3v) is 4.43. The third kappa shape index (κ3) is 4.89. The molecule has 0 bridgehead atoms. The first kappa shape index (κ1) is 18.6. The molecular weight excluding hydrogens is 394 g/mol. The summed E-state index contributed by atoms with van der Waals surface area (Å²) in [6, 6.07) is 11.0. The molecule has 0 heterocycles. The number of halogens is 2. The van der Waals surface area contributed by atoms with E-state index in [1.165, 1.54) is 0 Å². The second-order valence-electron chi connectivity index (χ2n) is 5.41. The Bertz CT molecular complexity index is 736. The van der Waals surface area contributed by atoms with E-state index in [0.29, 0.717) is 10.8 Å². The van der Waals surface area contributed by atoms with Gasteiger partial charge in [-0.2, -0.15) is 0 Å². The lowest BCUT2D eigenvalue weighted by atomic mass is 10.1. The number of methoxy groups -OCH3 is 1. The summed E-state index contributed by atoms with van der Waals surface area (Å²) in [5.41, 5.74) is 1.98. The Morgan fingerprint density at radius 3 is 2.67 bits per heavy atom. The van der Waals surface area contributed by atoms with E-state index < -0.39 is 0 Å². The van der Waals surface area contributed by atoms with Crippen LogP contribution in [-0.4, -0.2) is 19.6 Å². The van der Waals surface area contributed by atoms with Gasteiger partial charge in [-0.05, 0) is 65.2 Å². The Balaban J connectivity index is 1.94. The fraction of sp³-hybridized carbons (Fsp3) is 0.278. The van der Waals surface area contributed by atoms with Crippen LogP contribution in [0, 0.1) is 6.92 Å². The number of carbonyl (C=O) groups is 1. The molecule has 128 valence electrons. The molecule has 0 saturated heterocycles. The average molecular weight is 413 g/mol. The van der Waals surface area contributed by atoms with Crippen LogP contribution in [0.1, 0.15) is 24.1 Å². The van der Waals surface area contributed by atoms with Crippen molar-refractivity contribution in [3.8, 4) is 11.5 Å². The summed E-state index contributed by atoms with van der Waals surface area (Å²) in [6.07, 6.45) is 0. The summed E-state index contributed by atoms with van der Waals surface area (Å²) >= 11 is 9.49. The molecule has 1 atom stereocenters. The number of rotatable bonds is 6. The van der Waals surface area contributed by atoms with Gasteiger partial charge in [-0.15, -0.1) is 0 Å². The van der Waals surface area contributed by atoms with Gasteiger partial charge in [0.1, 0.15) is 11.5 Å². The van der Waals surface area contributed by atoms with Crippen molar-refractivity contribution >= 4 is 33.4 Å². The lowest BCUT2D eigenvalue weighted by Gasteiger charge is -2.16. The molecule has 0 unspecified atom stereocenters. The lowest BCUT2D eigenvalue weighted by molar-refractivity contribution is -0.123. The van der Waals surface area contributed by atoms with E-state index in [-0.39, 0.29) is 18.6 Å². The third-order valence-electron chi connectivity index (χ3n) is 3.50. The van der Waals surface area contributed by atoms with E-state index in [4.69, 9.17) is 21.1 Å². The van der Waals surface area contributed by atoms with Gasteiger partial charge in [0, 0.05) is 0 Å². The number of amides is 1. The Labute approximate surface area is 155 Å². The van der Waals surface area contributed by atoms with Crippen LogP contribution in [0.3, 0.4) is 0 Å².